The minimum Gasteiger partial charge on any atom is -0.443 e. The summed E-state index contributed by atoms with van der Waals surface area (Å²) >= 11 is 0. The van der Waals surface area contributed by atoms with Gasteiger partial charge in [-0.1, -0.05) is 12.1 Å². The van der Waals surface area contributed by atoms with E-state index in [1.807, 2.05) is 24.3 Å². The zero-order valence-corrected chi connectivity index (χ0v) is 7.70. The highest BCUT2D eigenvalue weighted by Gasteiger charge is 1.92. The van der Waals surface area contributed by atoms with Crippen LogP contribution in [0, 0.1) is 0 Å². The summed E-state index contributed by atoms with van der Waals surface area (Å²) in [5, 5.41) is 6.37. The smallest absolute Gasteiger partial charge is 0.289 e. The van der Waals surface area contributed by atoms with Crippen LogP contribution in [0.1, 0.15) is 0 Å². The number of rotatable bonds is 0. The number of amides is 1. The second-order valence-corrected chi connectivity index (χ2v) is 2.69. The number of nitrogens with zero attached hydrogens (tertiary/aromatic N) is 3. The third-order valence-corrected chi connectivity index (χ3v) is 1.68. The van der Waals surface area contributed by atoms with Crippen molar-refractivity contribution in [2.45, 2.75) is 0 Å². The van der Waals surface area contributed by atoms with Gasteiger partial charge in [-0.05, 0) is 12.1 Å². The summed E-state index contributed by atoms with van der Waals surface area (Å²) in [6.07, 6.45) is 4.12. The summed E-state index contributed by atoms with van der Waals surface area (Å²) < 4.78 is 5.01. The molecule has 15 heavy (non-hydrogen) atoms. The first kappa shape index (κ1) is 9.26. The van der Waals surface area contributed by atoms with E-state index in [0.29, 0.717) is 0 Å². The standard InChI is InChI=1S/C7H5NO.C3H2N2O/c1-2-4-7-6(3-1)8-5-9-7;6-3-1-2-4-5-3/h1-5H;1-2H. The number of hydrogen-bond acceptors (Lipinski definition) is 4. The van der Waals surface area contributed by atoms with Crippen LogP contribution in [0.4, 0.5) is 0 Å². The van der Waals surface area contributed by atoms with Crippen LogP contribution < -0.4 is 0 Å². The van der Waals surface area contributed by atoms with Gasteiger partial charge in [-0.2, -0.15) is 5.11 Å². The van der Waals surface area contributed by atoms with Crippen molar-refractivity contribution in [2.24, 2.45) is 10.2 Å². The fraction of sp³-hybridized carbons (Fsp3) is 0. The Kier molecular flexibility index (Phi) is 2.64. The number of para-hydroxylation sites is 2. The fourth-order valence-electron chi connectivity index (χ4n) is 1.02. The Balaban J connectivity index is 0.000000124. The lowest BCUT2D eigenvalue weighted by Crippen LogP contribution is -1.74. The molecule has 0 saturated carbocycles. The van der Waals surface area contributed by atoms with Crippen molar-refractivity contribution in [2.75, 3.05) is 0 Å². The van der Waals surface area contributed by atoms with E-state index in [-0.39, 0.29) is 5.91 Å². The summed E-state index contributed by atoms with van der Waals surface area (Å²) in [5.41, 5.74) is 1.76. The minimum atomic E-state index is -0.269. The SMILES string of the molecule is O=C1C=CN=N1.c1ccc2ocnc2c1. The minimum absolute atomic E-state index is 0.269. The van der Waals surface area contributed by atoms with Crippen LogP contribution in [0.15, 0.2) is 57.6 Å². The molecule has 1 aromatic heterocycles. The molecule has 5 nitrogen and oxygen atoms in total. The van der Waals surface area contributed by atoms with Gasteiger partial charge in [0.2, 0.25) is 0 Å². The molecule has 2 aromatic rings. The summed E-state index contributed by atoms with van der Waals surface area (Å²) in [5.74, 6) is -0.269. The van der Waals surface area contributed by atoms with E-state index >= 15 is 0 Å². The normalized spacial score (nSPS) is 12.9. The van der Waals surface area contributed by atoms with Crippen LogP contribution in [0.25, 0.3) is 11.1 Å². The Morgan fingerprint density at radius 1 is 1.20 bits per heavy atom. The first-order valence-corrected chi connectivity index (χ1v) is 4.26. The van der Waals surface area contributed by atoms with Crippen molar-refractivity contribution in [3.05, 3.63) is 42.9 Å². The molecule has 0 fully saturated rings. The Morgan fingerprint density at radius 2 is 2.07 bits per heavy atom. The maximum absolute atomic E-state index is 9.90. The molecule has 0 spiro atoms. The maximum Gasteiger partial charge on any atom is 0.289 e. The zero-order valence-electron chi connectivity index (χ0n) is 7.70. The van der Waals surface area contributed by atoms with Crippen molar-refractivity contribution in [1.82, 2.24) is 4.98 Å². The third-order valence-electron chi connectivity index (χ3n) is 1.68. The topological polar surface area (TPSA) is 67.8 Å². The third kappa shape index (κ3) is 2.34. The molecular formula is C10H7N3O2. The lowest BCUT2D eigenvalue weighted by molar-refractivity contribution is -0.113. The summed E-state index contributed by atoms with van der Waals surface area (Å²) in [6, 6.07) is 7.67. The number of benzene rings is 1. The summed E-state index contributed by atoms with van der Waals surface area (Å²) in [6.45, 7) is 0. The van der Waals surface area contributed by atoms with Gasteiger partial charge in [0.25, 0.3) is 5.91 Å². The molecule has 1 aromatic carbocycles. The van der Waals surface area contributed by atoms with Crippen molar-refractivity contribution in [1.29, 1.82) is 0 Å². The van der Waals surface area contributed by atoms with Crippen molar-refractivity contribution in [3.63, 3.8) is 0 Å². The monoisotopic (exact) mass is 201 g/mol. The maximum atomic E-state index is 9.90. The second-order valence-electron chi connectivity index (χ2n) is 2.69. The summed E-state index contributed by atoms with van der Waals surface area (Å²) in [4.78, 5) is 13.8. The number of carbonyl (C=O) groups is 1. The van der Waals surface area contributed by atoms with Crippen LogP contribution in [0.2, 0.25) is 0 Å². The number of oxazole rings is 1. The van der Waals surface area contributed by atoms with Crippen LogP contribution in [0.5, 0.6) is 0 Å². The number of aromatic nitrogens is 1. The Morgan fingerprint density at radius 3 is 2.67 bits per heavy atom. The van der Waals surface area contributed by atoms with Gasteiger partial charge in [-0.25, -0.2) is 4.98 Å². The summed E-state index contributed by atoms with van der Waals surface area (Å²) in [7, 11) is 0. The Bertz CT molecular complexity index is 484. The van der Waals surface area contributed by atoms with E-state index < -0.39 is 0 Å². The molecule has 1 aliphatic rings. The van der Waals surface area contributed by atoms with Gasteiger partial charge in [-0.3, -0.25) is 4.79 Å². The average Bonchev–Trinajstić information content (AvgIpc) is 2.88. The number of azo groups is 1. The number of hydrogen-bond donors (Lipinski definition) is 0. The molecule has 0 aliphatic carbocycles. The van der Waals surface area contributed by atoms with Crippen molar-refractivity contribution in [3.8, 4) is 0 Å². The molecule has 0 atom stereocenters. The quantitative estimate of drug-likeness (QED) is 0.656. The van der Waals surface area contributed by atoms with Gasteiger partial charge in [0.15, 0.2) is 12.0 Å². The highest BCUT2D eigenvalue weighted by Crippen LogP contribution is 2.09. The molecule has 0 unspecified atom stereocenters. The van der Waals surface area contributed by atoms with Crippen molar-refractivity contribution < 1.29 is 9.21 Å². The van der Waals surface area contributed by atoms with Crippen LogP contribution in [-0.4, -0.2) is 10.9 Å². The molecule has 1 amide bonds. The van der Waals surface area contributed by atoms with Crippen LogP contribution in [-0.2, 0) is 4.79 Å². The largest absolute Gasteiger partial charge is 0.443 e. The van der Waals surface area contributed by atoms with Gasteiger partial charge < -0.3 is 4.42 Å². The van der Waals surface area contributed by atoms with Gasteiger partial charge in [-0.15, -0.1) is 5.11 Å². The highest BCUT2D eigenvalue weighted by atomic mass is 16.3. The molecule has 0 radical (unpaired) electrons. The molecule has 1 aliphatic heterocycles. The molecule has 0 saturated heterocycles. The van der Waals surface area contributed by atoms with E-state index in [0.717, 1.165) is 11.1 Å². The van der Waals surface area contributed by atoms with Crippen LogP contribution >= 0.6 is 0 Å². The van der Waals surface area contributed by atoms with Crippen molar-refractivity contribution >= 4 is 17.0 Å². The van der Waals surface area contributed by atoms with E-state index in [9.17, 15) is 4.79 Å². The second kappa shape index (κ2) is 4.28. The fourth-order valence-corrected chi connectivity index (χ4v) is 1.02. The number of carbonyl (C=O) groups excluding carboxylic acids is 1. The lowest BCUT2D eigenvalue weighted by atomic mass is 10.3. The van der Waals surface area contributed by atoms with E-state index in [2.05, 4.69) is 15.2 Å². The molecular weight excluding hydrogens is 194 g/mol. The average molecular weight is 201 g/mol. The molecule has 3 rings (SSSR count). The predicted octanol–water partition coefficient (Wildman–Crippen LogP) is 2.32. The van der Waals surface area contributed by atoms with Gasteiger partial charge >= 0.3 is 0 Å². The van der Waals surface area contributed by atoms with E-state index in [4.69, 9.17) is 4.42 Å². The molecule has 74 valence electrons. The Hall–Kier alpha value is -2.30. The first-order valence-electron chi connectivity index (χ1n) is 4.26. The number of fused-ring (bicyclic) bond motifs is 1. The van der Waals surface area contributed by atoms with E-state index in [1.165, 1.54) is 18.7 Å². The molecule has 2 heterocycles. The van der Waals surface area contributed by atoms with Gasteiger partial charge in [0, 0.05) is 6.08 Å². The molecule has 0 N–H and O–H groups in total. The van der Waals surface area contributed by atoms with Gasteiger partial charge in [0.1, 0.15) is 5.52 Å². The van der Waals surface area contributed by atoms with E-state index in [1.54, 1.807) is 0 Å². The van der Waals surface area contributed by atoms with Gasteiger partial charge in [0.05, 0.1) is 6.20 Å². The highest BCUT2D eigenvalue weighted by molar-refractivity contribution is 5.89. The van der Waals surface area contributed by atoms with Crippen LogP contribution in [0.3, 0.4) is 0 Å². The lowest BCUT2D eigenvalue weighted by Gasteiger charge is -1.79. The molecule has 5 heteroatoms. The Labute approximate surface area is 85.1 Å². The molecule has 0 bridgehead atoms. The predicted molar refractivity (Wildman–Crippen MR) is 53.0 cm³/mol. The zero-order chi connectivity index (χ0) is 10.5. The first-order chi connectivity index (χ1) is 7.36.